The van der Waals surface area contributed by atoms with E-state index in [1.807, 2.05) is 0 Å². The van der Waals surface area contributed by atoms with Gasteiger partial charge in [-0.2, -0.15) is 0 Å². The van der Waals surface area contributed by atoms with Crippen LogP contribution < -0.4 is 14.8 Å². The molecule has 0 fully saturated rings. The Balaban J connectivity index is 1.70. The summed E-state index contributed by atoms with van der Waals surface area (Å²) >= 11 is 0. The Bertz CT molecular complexity index is 1020. The Morgan fingerprint density at radius 1 is 1.14 bits per heavy atom. The summed E-state index contributed by atoms with van der Waals surface area (Å²) in [5.74, 6) is 0.954. The molecule has 0 unspecified atom stereocenters. The second-order valence-corrected chi connectivity index (χ2v) is 5.85. The number of carbonyl (C=O) groups excluding carboxylic acids is 1. The molecule has 142 valence electrons. The van der Waals surface area contributed by atoms with Crippen LogP contribution >= 0.6 is 0 Å². The Kier molecular flexibility index (Phi) is 5.50. The lowest BCUT2D eigenvalue weighted by molar-refractivity contribution is -0.385. The van der Waals surface area contributed by atoms with Crippen LogP contribution in [0.15, 0.2) is 60.8 Å². The number of hydrogen-bond donors (Lipinski definition) is 1. The molecular weight excluding hydrogens is 362 g/mol. The Morgan fingerprint density at radius 2 is 1.86 bits per heavy atom. The van der Waals surface area contributed by atoms with Crippen LogP contribution in [0.2, 0.25) is 0 Å². The fourth-order valence-electron chi connectivity index (χ4n) is 2.50. The maximum absolute atomic E-state index is 12.4. The molecule has 0 saturated heterocycles. The molecule has 0 aliphatic heterocycles. The number of anilines is 1. The average Bonchev–Trinajstić information content (AvgIpc) is 2.70. The second kappa shape index (κ2) is 8.17. The van der Waals surface area contributed by atoms with Crippen LogP contribution in [0, 0.1) is 17.0 Å². The summed E-state index contributed by atoms with van der Waals surface area (Å²) in [5, 5.41) is 13.6. The zero-order chi connectivity index (χ0) is 20.1. The minimum Gasteiger partial charge on any atom is -0.496 e. The molecule has 0 bridgehead atoms. The number of amides is 1. The number of nitro groups is 1. The number of nitrogens with one attached hydrogen (secondary N) is 1. The zero-order valence-electron chi connectivity index (χ0n) is 15.2. The third-order valence-corrected chi connectivity index (χ3v) is 3.90. The van der Waals surface area contributed by atoms with Crippen molar-refractivity contribution in [2.24, 2.45) is 0 Å². The van der Waals surface area contributed by atoms with Gasteiger partial charge in [0.05, 0.1) is 17.6 Å². The van der Waals surface area contributed by atoms with Crippen molar-refractivity contribution >= 4 is 17.3 Å². The van der Waals surface area contributed by atoms with Crippen molar-refractivity contribution in [1.29, 1.82) is 0 Å². The Morgan fingerprint density at radius 3 is 2.50 bits per heavy atom. The van der Waals surface area contributed by atoms with Crippen molar-refractivity contribution in [2.45, 2.75) is 6.92 Å². The molecule has 0 aliphatic rings. The number of para-hydroxylation sites is 1. The van der Waals surface area contributed by atoms with Gasteiger partial charge in [0.25, 0.3) is 11.6 Å². The number of nitrogens with zero attached hydrogens (tertiary/aromatic N) is 2. The van der Waals surface area contributed by atoms with Crippen molar-refractivity contribution in [1.82, 2.24) is 4.98 Å². The van der Waals surface area contributed by atoms with E-state index in [1.165, 1.54) is 13.2 Å². The number of ether oxygens (including phenoxy) is 2. The summed E-state index contributed by atoms with van der Waals surface area (Å²) in [6.07, 6.45) is 1.14. The first-order valence-corrected chi connectivity index (χ1v) is 8.31. The van der Waals surface area contributed by atoms with Crippen molar-refractivity contribution in [3.63, 3.8) is 0 Å². The van der Waals surface area contributed by atoms with Crippen molar-refractivity contribution < 1.29 is 19.2 Å². The fraction of sp³-hybridized carbons (Fsp3) is 0.100. The summed E-state index contributed by atoms with van der Waals surface area (Å²) < 4.78 is 10.9. The molecule has 0 radical (unpaired) electrons. The van der Waals surface area contributed by atoms with Crippen LogP contribution in [0.3, 0.4) is 0 Å². The maximum Gasteiger partial charge on any atom is 0.288 e. The normalized spacial score (nSPS) is 10.2. The highest BCUT2D eigenvalue weighted by atomic mass is 16.6. The van der Waals surface area contributed by atoms with E-state index in [0.717, 1.165) is 6.20 Å². The molecule has 0 spiro atoms. The Labute approximate surface area is 160 Å². The lowest BCUT2D eigenvalue weighted by Crippen LogP contribution is -2.12. The van der Waals surface area contributed by atoms with E-state index in [0.29, 0.717) is 28.3 Å². The predicted molar refractivity (Wildman–Crippen MR) is 103 cm³/mol. The molecule has 1 amide bonds. The van der Waals surface area contributed by atoms with E-state index in [2.05, 4.69) is 10.3 Å². The van der Waals surface area contributed by atoms with Gasteiger partial charge in [-0.25, -0.2) is 4.98 Å². The number of aromatic nitrogens is 1. The monoisotopic (exact) mass is 379 g/mol. The highest BCUT2D eigenvalue weighted by Crippen LogP contribution is 2.27. The molecule has 28 heavy (non-hydrogen) atoms. The smallest absolute Gasteiger partial charge is 0.288 e. The number of methoxy groups -OCH3 is 1. The summed E-state index contributed by atoms with van der Waals surface area (Å²) in [5.41, 5.74) is 1.45. The molecule has 8 heteroatoms. The number of benzene rings is 2. The molecule has 3 aromatic rings. The SMILES string of the molecule is COc1ccccc1C(=O)Nc1ccc(Oc2ncc([N+](=O)[O-])cc2C)cc1. The highest BCUT2D eigenvalue weighted by Gasteiger charge is 2.13. The first-order valence-electron chi connectivity index (χ1n) is 8.31. The van der Waals surface area contributed by atoms with Crippen molar-refractivity contribution in [2.75, 3.05) is 12.4 Å². The van der Waals surface area contributed by atoms with E-state index < -0.39 is 4.92 Å². The molecule has 0 atom stereocenters. The van der Waals surface area contributed by atoms with Crippen molar-refractivity contribution in [3.05, 3.63) is 82.0 Å². The fourth-order valence-corrected chi connectivity index (χ4v) is 2.50. The van der Waals surface area contributed by atoms with Crippen LogP contribution in [-0.2, 0) is 0 Å². The third kappa shape index (κ3) is 4.24. The first kappa shape index (κ1) is 18.8. The summed E-state index contributed by atoms with van der Waals surface area (Å²) in [4.78, 5) is 26.7. The van der Waals surface area contributed by atoms with E-state index >= 15 is 0 Å². The third-order valence-electron chi connectivity index (χ3n) is 3.90. The van der Waals surface area contributed by atoms with Crippen LogP contribution in [0.25, 0.3) is 0 Å². The average molecular weight is 379 g/mol. The molecular formula is C20H17N3O5. The molecule has 1 aromatic heterocycles. The highest BCUT2D eigenvalue weighted by molar-refractivity contribution is 6.06. The number of carbonyl (C=O) groups is 1. The van der Waals surface area contributed by atoms with Gasteiger partial charge in [0.15, 0.2) is 0 Å². The van der Waals surface area contributed by atoms with Crippen LogP contribution in [0.4, 0.5) is 11.4 Å². The standard InChI is InChI=1S/C20H17N3O5/c1-13-11-15(23(25)26)12-21-20(13)28-16-9-7-14(8-10-16)22-19(24)17-5-3-4-6-18(17)27-2/h3-12H,1-2H3,(H,22,24). The van der Waals surface area contributed by atoms with Gasteiger partial charge in [-0.1, -0.05) is 12.1 Å². The minimum atomic E-state index is -0.511. The maximum atomic E-state index is 12.4. The Hall–Kier alpha value is -3.94. The van der Waals surface area contributed by atoms with E-state index in [-0.39, 0.29) is 17.5 Å². The predicted octanol–water partition coefficient (Wildman–Crippen LogP) is 4.35. The van der Waals surface area contributed by atoms with Crippen molar-refractivity contribution in [3.8, 4) is 17.4 Å². The number of pyridine rings is 1. The lowest BCUT2D eigenvalue weighted by Gasteiger charge is -2.10. The van der Waals surface area contributed by atoms with Gasteiger partial charge in [-0.05, 0) is 43.3 Å². The van der Waals surface area contributed by atoms with Gasteiger partial charge in [0.1, 0.15) is 17.7 Å². The van der Waals surface area contributed by atoms with E-state index in [9.17, 15) is 14.9 Å². The van der Waals surface area contributed by atoms with Gasteiger partial charge in [-0.3, -0.25) is 14.9 Å². The molecule has 1 N–H and O–H groups in total. The summed E-state index contributed by atoms with van der Waals surface area (Å²) in [7, 11) is 1.51. The quantitative estimate of drug-likeness (QED) is 0.504. The van der Waals surface area contributed by atoms with Gasteiger partial charge < -0.3 is 14.8 Å². The van der Waals surface area contributed by atoms with Gasteiger partial charge in [-0.15, -0.1) is 0 Å². The van der Waals surface area contributed by atoms with Crippen LogP contribution in [0.5, 0.6) is 17.4 Å². The number of aryl methyl sites for hydroxylation is 1. The molecule has 2 aromatic carbocycles. The molecule has 3 rings (SSSR count). The number of rotatable bonds is 6. The lowest BCUT2D eigenvalue weighted by atomic mass is 10.2. The van der Waals surface area contributed by atoms with Gasteiger partial charge in [0, 0.05) is 17.3 Å². The molecule has 8 nitrogen and oxygen atoms in total. The minimum absolute atomic E-state index is 0.0979. The van der Waals surface area contributed by atoms with Gasteiger partial charge in [0.2, 0.25) is 5.88 Å². The summed E-state index contributed by atoms with van der Waals surface area (Å²) in [6, 6.07) is 15.0. The largest absolute Gasteiger partial charge is 0.496 e. The molecule has 0 saturated carbocycles. The number of hydrogen-bond acceptors (Lipinski definition) is 6. The van der Waals surface area contributed by atoms with Crippen LogP contribution in [0.1, 0.15) is 15.9 Å². The van der Waals surface area contributed by atoms with E-state index in [4.69, 9.17) is 9.47 Å². The molecule has 0 aliphatic carbocycles. The summed E-state index contributed by atoms with van der Waals surface area (Å²) in [6.45, 7) is 1.68. The van der Waals surface area contributed by atoms with E-state index in [1.54, 1.807) is 55.5 Å². The second-order valence-electron chi connectivity index (χ2n) is 5.85. The molecule has 1 heterocycles. The van der Waals surface area contributed by atoms with Crippen LogP contribution in [-0.4, -0.2) is 22.9 Å². The van der Waals surface area contributed by atoms with Gasteiger partial charge >= 0.3 is 0 Å². The topological polar surface area (TPSA) is 104 Å². The first-order chi connectivity index (χ1) is 13.5. The zero-order valence-corrected chi connectivity index (χ0v) is 15.2.